The zero-order valence-corrected chi connectivity index (χ0v) is 26.1. The van der Waals surface area contributed by atoms with Crippen LogP contribution in [0.5, 0.6) is 11.5 Å². The Morgan fingerprint density at radius 1 is 0.886 bits per heavy atom. The van der Waals surface area contributed by atoms with Crippen LogP contribution in [-0.2, 0) is 32.7 Å². The van der Waals surface area contributed by atoms with E-state index in [4.69, 9.17) is 18.6 Å². The highest BCUT2D eigenvalue weighted by Crippen LogP contribution is 2.23. The lowest BCUT2D eigenvalue weighted by molar-refractivity contribution is -0.140. The van der Waals surface area contributed by atoms with Crippen molar-refractivity contribution in [2.24, 2.45) is 0 Å². The smallest absolute Gasteiger partial charge is 0.321 e. The van der Waals surface area contributed by atoms with Gasteiger partial charge in [-0.25, -0.2) is 9.29 Å². The molecule has 0 atom stereocenters. The number of carbonyl (C=O) groups excluding carboxylic acids is 2. The normalized spacial score (nSPS) is 11.3. The average molecular weight is 622 g/mol. The third-order valence-electron chi connectivity index (χ3n) is 6.91. The first kappa shape index (κ1) is 32.2. The molecule has 0 radical (unpaired) electrons. The molecule has 0 aliphatic rings. The molecular weight excluding hydrogens is 586 g/mol. The lowest BCUT2D eigenvalue weighted by Crippen LogP contribution is -2.46. The second kappa shape index (κ2) is 14.2. The van der Waals surface area contributed by atoms with Crippen LogP contribution < -0.4 is 9.47 Å². The van der Waals surface area contributed by atoms with Crippen LogP contribution in [0.3, 0.4) is 0 Å². The first-order valence-electron chi connectivity index (χ1n) is 13.8. The Balaban J connectivity index is 1.40. The molecule has 0 spiro atoms. The lowest BCUT2D eigenvalue weighted by Gasteiger charge is -2.27. The van der Waals surface area contributed by atoms with Crippen molar-refractivity contribution >= 4 is 22.1 Å². The third-order valence-corrected chi connectivity index (χ3v) is 8.68. The number of aromatic nitrogens is 1. The molecule has 3 aromatic carbocycles. The summed E-state index contributed by atoms with van der Waals surface area (Å²) in [6.45, 7) is 3.47. The Hall–Kier alpha value is -4.68. The van der Waals surface area contributed by atoms with Gasteiger partial charge in [0.25, 0.3) is 5.91 Å². The van der Waals surface area contributed by atoms with Crippen molar-refractivity contribution in [3.63, 3.8) is 0 Å². The minimum absolute atomic E-state index is 0.142. The van der Waals surface area contributed by atoms with Crippen molar-refractivity contribution in [1.29, 1.82) is 0 Å². The monoisotopic (exact) mass is 621 g/mol. The number of ether oxygens (including phenoxy) is 3. The van der Waals surface area contributed by atoms with Gasteiger partial charge in [-0.15, -0.1) is 0 Å². The minimum Gasteiger partial charge on any atom is -0.497 e. The maximum atomic E-state index is 13.5. The molecule has 1 amide bonds. The lowest BCUT2D eigenvalue weighted by atomic mass is 10.1. The second-order valence-corrected chi connectivity index (χ2v) is 11.9. The zero-order chi connectivity index (χ0) is 31.9. The van der Waals surface area contributed by atoms with Gasteiger partial charge in [0.1, 0.15) is 23.8 Å². The number of hydrogen-bond donors (Lipinski definition) is 0. The van der Waals surface area contributed by atoms with E-state index in [1.807, 2.05) is 38.1 Å². The van der Waals surface area contributed by atoms with E-state index in [0.29, 0.717) is 40.3 Å². The third kappa shape index (κ3) is 7.82. The summed E-state index contributed by atoms with van der Waals surface area (Å²) in [5.74, 6) is 0.841. The van der Waals surface area contributed by atoms with Gasteiger partial charge in [-0.3, -0.25) is 9.59 Å². The molecule has 44 heavy (non-hydrogen) atoms. The molecule has 232 valence electrons. The number of carbonyl (C=O) groups is 2. The molecule has 0 fully saturated rings. The maximum Gasteiger partial charge on any atom is 0.321 e. The Morgan fingerprint density at radius 2 is 1.52 bits per heavy atom. The van der Waals surface area contributed by atoms with E-state index < -0.39 is 28.6 Å². The van der Waals surface area contributed by atoms with Crippen LogP contribution in [0.4, 0.5) is 0 Å². The van der Waals surface area contributed by atoms with Gasteiger partial charge in [0, 0.05) is 31.1 Å². The molecule has 0 aliphatic heterocycles. The van der Waals surface area contributed by atoms with Crippen LogP contribution in [0.15, 0.2) is 77.2 Å². The first-order valence-corrected chi connectivity index (χ1v) is 15.2. The van der Waals surface area contributed by atoms with Crippen LogP contribution in [0.25, 0.3) is 11.5 Å². The predicted octanol–water partition coefficient (Wildman–Crippen LogP) is 4.58. The van der Waals surface area contributed by atoms with Gasteiger partial charge < -0.3 is 18.6 Å². The van der Waals surface area contributed by atoms with Gasteiger partial charge in [-0.1, -0.05) is 29.8 Å². The number of rotatable bonds is 13. The molecule has 0 aliphatic carbocycles. The number of benzene rings is 3. The molecule has 0 unspecified atom stereocenters. The van der Waals surface area contributed by atoms with Crippen LogP contribution >= 0.6 is 0 Å². The summed E-state index contributed by atoms with van der Waals surface area (Å²) in [5, 5.41) is 0. The van der Waals surface area contributed by atoms with Gasteiger partial charge >= 0.3 is 16.2 Å². The fourth-order valence-corrected chi connectivity index (χ4v) is 5.50. The van der Waals surface area contributed by atoms with Crippen LogP contribution in [-0.4, -0.2) is 68.3 Å². The van der Waals surface area contributed by atoms with E-state index in [9.17, 15) is 18.0 Å². The number of aryl methyl sites for hydroxylation is 2. The van der Waals surface area contributed by atoms with Gasteiger partial charge in [0.05, 0.1) is 26.5 Å². The minimum atomic E-state index is -4.41. The Bertz CT molecular complexity index is 1680. The van der Waals surface area contributed by atoms with E-state index in [0.717, 1.165) is 41.0 Å². The standard InChI is InChI=1S/C32H35N3O8S/c1-22-6-10-25(11-7-22)31-33-29(23(2)43-31)18-19-42-28-14-8-24(9-15-28)20-35(21-30(36)41-5)44(38,39)34(3)32(37)26-12-16-27(40-4)17-13-26/h6-17H,18-21H2,1-5H3. The first-order chi connectivity index (χ1) is 21.0. The molecule has 1 aromatic heterocycles. The molecule has 0 bridgehead atoms. The number of esters is 1. The van der Waals surface area contributed by atoms with Gasteiger partial charge in [0.15, 0.2) is 0 Å². The predicted molar refractivity (Wildman–Crippen MR) is 163 cm³/mol. The highest BCUT2D eigenvalue weighted by molar-refractivity contribution is 7.87. The molecule has 1 heterocycles. The topological polar surface area (TPSA) is 128 Å². The average Bonchev–Trinajstić information content (AvgIpc) is 3.40. The number of hydrogen-bond acceptors (Lipinski definition) is 9. The van der Waals surface area contributed by atoms with E-state index in [1.165, 1.54) is 19.2 Å². The van der Waals surface area contributed by atoms with Crippen molar-refractivity contribution in [3.8, 4) is 23.0 Å². The molecule has 0 saturated heterocycles. The van der Waals surface area contributed by atoms with E-state index >= 15 is 0 Å². The summed E-state index contributed by atoms with van der Waals surface area (Å²) in [7, 11) is -0.620. The summed E-state index contributed by atoms with van der Waals surface area (Å²) in [5.41, 5.74) is 3.57. The van der Waals surface area contributed by atoms with Gasteiger partial charge in [-0.05, 0) is 67.9 Å². The summed E-state index contributed by atoms with van der Waals surface area (Å²) in [6, 6.07) is 20.8. The molecule has 4 rings (SSSR count). The van der Waals surface area contributed by atoms with Crippen molar-refractivity contribution < 1.29 is 36.6 Å². The van der Waals surface area contributed by atoms with E-state index in [-0.39, 0.29) is 12.1 Å². The highest BCUT2D eigenvalue weighted by atomic mass is 32.2. The zero-order valence-electron chi connectivity index (χ0n) is 25.3. The Kier molecular flexibility index (Phi) is 10.4. The van der Waals surface area contributed by atoms with Crippen LogP contribution in [0, 0.1) is 13.8 Å². The van der Waals surface area contributed by atoms with E-state index in [1.54, 1.807) is 36.4 Å². The van der Waals surface area contributed by atoms with Gasteiger partial charge in [-0.2, -0.15) is 12.7 Å². The number of methoxy groups -OCH3 is 2. The fourth-order valence-electron chi connectivity index (χ4n) is 4.26. The summed E-state index contributed by atoms with van der Waals surface area (Å²) >= 11 is 0. The molecule has 0 N–H and O–H groups in total. The van der Waals surface area contributed by atoms with Crippen molar-refractivity contribution in [3.05, 3.63) is 101 Å². The molecule has 4 aromatic rings. The summed E-state index contributed by atoms with van der Waals surface area (Å²) < 4.78 is 49.9. The van der Waals surface area contributed by atoms with E-state index in [2.05, 4.69) is 4.98 Å². The van der Waals surface area contributed by atoms with Crippen molar-refractivity contribution in [2.75, 3.05) is 34.4 Å². The Labute approximate surface area is 257 Å². The van der Waals surface area contributed by atoms with Crippen LogP contribution in [0.2, 0.25) is 0 Å². The molecule has 0 saturated carbocycles. The number of nitrogens with zero attached hydrogens (tertiary/aromatic N) is 3. The largest absolute Gasteiger partial charge is 0.497 e. The van der Waals surface area contributed by atoms with Crippen molar-refractivity contribution in [2.45, 2.75) is 26.8 Å². The summed E-state index contributed by atoms with van der Waals surface area (Å²) in [4.78, 5) is 29.7. The summed E-state index contributed by atoms with van der Waals surface area (Å²) in [6.07, 6.45) is 0.530. The number of amides is 1. The molecule has 12 heteroatoms. The fraction of sp³-hybridized carbons (Fsp3) is 0.281. The Morgan fingerprint density at radius 3 is 2.14 bits per heavy atom. The molecular formula is C32H35N3O8S. The second-order valence-electron chi connectivity index (χ2n) is 9.98. The van der Waals surface area contributed by atoms with Crippen molar-refractivity contribution in [1.82, 2.24) is 13.6 Å². The number of oxazole rings is 1. The van der Waals surface area contributed by atoms with Gasteiger partial charge in [0.2, 0.25) is 5.89 Å². The highest BCUT2D eigenvalue weighted by Gasteiger charge is 2.33. The van der Waals surface area contributed by atoms with Crippen LogP contribution in [0.1, 0.15) is 32.9 Å². The molecule has 11 nitrogen and oxygen atoms in total. The SMILES string of the molecule is COC(=O)CN(Cc1ccc(OCCc2nc(-c3ccc(C)cc3)oc2C)cc1)S(=O)(=O)N(C)C(=O)c1ccc(OC)cc1. The quantitative estimate of drug-likeness (QED) is 0.197. The maximum absolute atomic E-state index is 13.5.